The van der Waals surface area contributed by atoms with Gasteiger partial charge in [0.15, 0.2) is 0 Å². The fourth-order valence-electron chi connectivity index (χ4n) is 1.76. The molecule has 92 valence electrons. The first-order valence-corrected chi connectivity index (χ1v) is 6.89. The average Bonchev–Trinajstić information content (AvgIpc) is 2.97. The highest BCUT2D eigenvalue weighted by Gasteiger charge is 2.51. The lowest BCUT2D eigenvalue weighted by molar-refractivity contribution is -0.140. The van der Waals surface area contributed by atoms with Crippen molar-refractivity contribution in [2.75, 3.05) is 6.26 Å². The molecule has 0 saturated heterocycles. The molecule has 0 aromatic heterocycles. The van der Waals surface area contributed by atoms with Gasteiger partial charge in [0, 0.05) is 0 Å². The highest BCUT2D eigenvalue weighted by atomic mass is 32.2. The van der Waals surface area contributed by atoms with E-state index in [4.69, 9.17) is 5.11 Å². The van der Waals surface area contributed by atoms with Crippen molar-refractivity contribution < 1.29 is 22.5 Å². The summed E-state index contributed by atoms with van der Waals surface area (Å²) in [6.07, 6.45) is 2.20. The maximum Gasteiger partial charge on any atom is 0.314 e. The Kier molecular flexibility index (Phi) is 2.61. The number of carboxylic acid groups (broad SMARTS) is 1. The van der Waals surface area contributed by atoms with E-state index in [-0.39, 0.29) is 5.75 Å². The SMILES string of the molecule is CS(=O)(=O)Oc1ccc(C2(C(=O)O)CC2)cc1. The van der Waals surface area contributed by atoms with E-state index in [9.17, 15) is 13.2 Å². The van der Waals surface area contributed by atoms with Crippen LogP contribution in [0.3, 0.4) is 0 Å². The van der Waals surface area contributed by atoms with Crippen molar-refractivity contribution in [1.29, 1.82) is 0 Å². The van der Waals surface area contributed by atoms with E-state index in [1.165, 1.54) is 12.1 Å². The number of rotatable bonds is 4. The van der Waals surface area contributed by atoms with Crippen LogP contribution in [0.25, 0.3) is 0 Å². The molecule has 1 aromatic rings. The molecular weight excluding hydrogens is 244 g/mol. The van der Waals surface area contributed by atoms with Crippen molar-refractivity contribution in [2.45, 2.75) is 18.3 Å². The Morgan fingerprint density at radius 2 is 1.82 bits per heavy atom. The van der Waals surface area contributed by atoms with Crippen molar-refractivity contribution in [1.82, 2.24) is 0 Å². The molecule has 0 unspecified atom stereocenters. The van der Waals surface area contributed by atoms with E-state index >= 15 is 0 Å². The van der Waals surface area contributed by atoms with E-state index in [2.05, 4.69) is 4.18 Å². The van der Waals surface area contributed by atoms with Gasteiger partial charge >= 0.3 is 16.1 Å². The highest BCUT2D eigenvalue weighted by molar-refractivity contribution is 7.86. The first-order chi connectivity index (χ1) is 7.83. The molecule has 1 aliphatic rings. The molecule has 0 radical (unpaired) electrons. The molecule has 0 spiro atoms. The van der Waals surface area contributed by atoms with E-state index in [0.29, 0.717) is 18.4 Å². The van der Waals surface area contributed by atoms with Gasteiger partial charge in [-0.15, -0.1) is 0 Å². The molecular formula is C11H12O5S. The van der Waals surface area contributed by atoms with Crippen LogP contribution in [0.2, 0.25) is 0 Å². The van der Waals surface area contributed by atoms with Gasteiger partial charge in [-0.25, -0.2) is 0 Å². The molecule has 17 heavy (non-hydrogen) atoms. The van der Waals surface area contributed by atoms with Crippen molar-refractivity contribution >= 4 is 16.1 Å². The zero-order valence-electron chi connectivity index (χ0n) is 9.21. The van der Waals surface area contributed by atoms with Gasteiger partial charge in [-0.3, -0.25) is 4.79 Å². The second-order valence-corrected chi connectivity index (χ2v) is 5.77. The van der Waals surface area contributed by atoms with Crippen LogP contribution in [0.5, 0.6) is 5.75 Å². The van der Waals surface area contributed by atoms with Crippen LogP contribution in [0.1, 0.15) is 18.4 Å². The van der Waals surface area contributed by atoms with Crippen LogP contribution < -0.4 is 4.18 Å². The predicted octanol–water partition coefficient (Wildman–Crippen LogP) is 1.14. The van der Waals surface area contributed by atoms with Crippen LogP contribution in [0.15, 0.2) is 24.3 Å². The summed E-state index contributed by atoms with van der Waals surface area (Å²) < 4.78 is 26.4. The minimum absolute atomic E-state index is 0.192. The molecule has 5 nitrogen and oxygen atoms in total. The molecule has 0 aliphatic heterocycles. The van der Waals surface area contributed by atoms with Gasteiger partial charge in [-0.1, -0.05) is 12.1 Å². The maximum atomic E-state index is 11.1. The summed E-state index contributed by atoms with van der Waals surface area (Å²) in [5, 5.41) is 9.09. The van der Waals surface area contributed by atoms with Gasteiger partial charge < -0.3 is 9.29 Å². The van der Waals surface area contributed by atoms with Gasteiger partial charge in [0.05, 0.1) is 11.7 Å². The molecule has 2 rings (SSSR count). The minimum atomic E-state index is -3.54. The number of carbonyl (C=O) groups is 1. The third kappa shape index (κ3) is 2.41. The van der Waals surface area contributed by atoms with E-state index in [0.717, 1.165) is 6.26 Å². The van der Waals surface area contributed by atoms with Crippen LogP contribution in [0, 0.1) is 0 Å². The Bertz CT molecular complexity index is 540. The van der Waals surface area contributed by atoms with Crippen LogP contribution in [-0.4, -0.2) is 25.7 Å². The molecule has 0 amide bonds. The average molecular weight is 256 g/mol. The number of hydrogen-bond acceptors (Lipinski definition) is 4. The van der Waals surface area contributed by atoms with Crippen LogP contribution in [-0.2, 0) is 20.3 Å². The lowest BCUT2D eigenvalue weighted by atomic mass is 9.96. The second-order valence-electron chi connectivity index (χ2n) is 4.20. The topological polar surface area (TPSA) is 80.7 Å². The summed E-state index contributed by atoms with van der Waals surface area (Å²) in [7, 11) is -3.54. The lowest BCUT2D eigenvalue weighted by Crippen LogP contribution is -2.19. The number of aliphatic carboxylic acids is 1. The number of benzene rings is 1. The van der Waals surface area contributed by atoms with E-state index in [1.807, 2.05) is 0 Å². The predicted molar refractivity (Wildman–Crippen MR) is 60.5 cm³/mol. The van der Waals surface area contributed by atoms with Gasteiger partial charge in [-0.05, 0) is 30.5 Å². The third-order valence-electron chi connectivity index (χ3n) is 2.81. The van der Waals surface area contributed by atoms with E-state index < -0.39 is 21.5 Å². The van der Waals surface area contributed by atoms with Crippen molar-refractivity contribution in [3.63, 3.8) is 0 Å². The van der Waals surface area contributed by atoms with Crippen molar-refractivity contribution in [2.24, 2.45) is 0 Å². The number of hydrogen-bond donors (Lipinski definition) is 1. The van der Waals surface area contributed by atoms with Gasteiger partial charge in [0.25, 0.3) is 0 Å². The Morgan fingerprint density at radius 3 is 2.18 bits per heavy atom. The minimum Gasteiger partial charge on any atom is -0.481 e. The largest absolute Gasteiger partial charge is 0.481 e. The molecule has 0 atom stereocenters. The molecule has 6 heteroatoms. The molecule has 0 bridgehead atoms. The first-order valence-electron chi connectivity index (χ1n) is 5.07. The molecule has 1 aliphatic carbocycles. The molecule has 1 aromatic carbocycles. The van der Waals surface area contributed by atoms with Crippen molar-refractivity contribution in [3.05, 3.63) is 29.8 Å². The van der Waals surface area contributed by atoms with Gasteiger partial charge in [0.1, 0.15) is 5.75 Å². The Balaban J connectivity index is 2.22. The fourth-order valence-corrected chi connectivity index (χ4v) is 2.22. The third-order valence-corrected chi connectivity index (χ3v) is 3.31. The summed E-state index contributed by atoms with van der Waals surface area (Å²) >= 11 is 0. The summed E-state index contributed by atoms with van der Waals surface area (Å²) in [4.78, 5) is 11.1. The number of carboxylic acids is 1. The summed E-state index contributed by atoms with van der Waals surface area (Å²) in [5.41, 5.74) is -0.0882. The quantitative estimate of drug-likeness (QED) is 0.817. The normalized spacial score (nSPS) is 17.5. The van der Waals surface area contributed by atoms with Crippen molar-refractivity contribution in [3.8, 4) is 5.75 Å². The molecule has 1 N–H and O–H groups in total. The first kappa shape index (κ1) is 11.9. The Morgan fingerprint density at radius 1 is 1.29 bits per heavy atom. The zero-order valence-corrected chi connectivity index (χ0v) is 10.0. The molecule has 1 fully saturated rings. The summed E-state index contributed by atoms with van der Waals surface area (Å²) in [6.45, 7) is 0. The zero-order chi connectivity index (χ0) is 12.7. The summed E-state index contributed by atoms with van der Waals surface area (Å²) in [6, 6.07) is 6.14. The maximum absolute atomic E-state index is 11.1. The standard InChI is InChI=1S/C11H12O5S/c1-17(14,15)16-9-4-2-8(3-5-9)11(6-7-11)10(12)13/h2-5H,6-7H2,1H3,(H,12,13). The van der Waals surface area contributed by atoms with E-state index in [1.54, 1.807) is 12.1 Å². The second kappa shape index (κ2) is 3.73. The Labute approximate surface area is 99.2 Å². The lowest BCUT2D eigenvalue weighted by Gasteiger charge is -2.10. The van der Waals surface area contributed by atoms with Crippen LogP contribution >= 0.6 is 0 Å². The smallest absolute Gasteiger partial charge is 0.314 e. The monoisotopic (exact) mass is 256 g/mol. The molecule has 0 heterocycles. The van der Waals surface area contributed by atoms with Crippen LogP contribution in [0.4, 0.5) is 0 Å². The van der Waals surface area contributed by atoms with Gasteiger partial charge in [0.2, 0.25) is 0 Å². The van der Waals surface area contributed by atoms with Gasteiger partial charge in [-0.2, -0.15) is 8.42 Å². The fraction of sp³-hybridized carbons (Fsp3) is 0.364. The highest BCUT2D eigenvalue weighted by Crippen LogP contribution is 2.48. The molecule has 1 saturated carbocycles. The Hall–Kier alpha value is -1.56. The summed E-state index contributed by atoms with van der Waals surface area (Å²) in [5.74, 6) is -0.647.